The molecule has 0 saturated carbocycles. The van der Waals surface area contributed by atoms with Gasteiger partial charge in [0.05, 0.1) is 5.69 Å². The van der Waals surface area contributed by atoms with Crippen molar-refractivity contribution in [3.05, 3.63) is 73.1 Å². The van der Waals surface area contributed by atoms with E-state index in [-0.39, 0.29) is 5.82 Å². The lowest BCUT2D eigenvalue weighted by molar-refractivity contribution is 0.628. The van der Waals surface area contributed by atoms with E-state index in [0.717, 1.165) is 28.2 Å². The fourth-order valence-corrected chi connectivity index (χ4v) is 2.36. The van der Waals surface area contributed by atoms with Gasteiger partial charge in [-0.1, -0.05) is 18.2 Å². The second-order valence-electron chi connectivity index (χ2n) is 5.32. The summed E-state index contributed by atoms with van der Waals surface area (Å²) in [7, 11) is 0. The normalized spacial score (nSPS) is 10.4. The topological polar surface area (TPSA) is 50.7 Å². The first kappa shape index (κ1) is 15.8. The molecule has 3 aromatic rings. The highest BCUT2D eigenvalue weighted by Crippen LogP contribution is 2.25. The molecule has 2 heterocycles. The average Bonchev–Trinajstić information content (AvgIpc) is 2.60. The van der Waals surface area contributed by atoms with Crippen molar-refractivity contribution in [2.45, 2.75) is 6.92 Å². The highest BCUT2D eigenvalue weighted by Gasteiger charge is 2.07. The molecule has 4 nitrogen and oxygen atoms in total. The van der Waals surface area contributed by atoms with Crippen LogP contribution in [0, 0.1) is 12.7 Å². The summed E-state index contributed by atoms with van der Waals surface area (Å²) in [5.41, 5.74) is 3.47. The lowest BCUT2D eigenvalue weighted by Gasteiger charge is -2.08. The largest absolute Gasteiger partial charge is 0.366 e. The highest BCUT2D eigenvalue weighted by atomic mass is 19.1. The van der Waals surface area contributed by atoms with Gasteiger partial charge < -0.3 is 5.32 Å². The van der Waals surface area contributed by atoms with E-state index in [1.54, 1.807) is 30.6 Å². The van der Waals surface area contributed by atoms with E-state index in [2.05, 4.69) is 26.8 Å². The fraction of sp³-hybridized carbons (Fsp3) is 0.105. The first-order chi connectivity index (χ1) is 11.7. The number of rotatable bonds is 5. The zero-order valence-corrected chi connectivity index (χ0v) is 13.3. The number of anilines is 1. The second-order valence-corrected chi connectivity index (χ2v) is 5.32. The number of nitrogens with one attached hydrogen (secondary N) is 1. The van der Waals surface area contributed by atoms with Crippen LogP contribution < -0.4 is 5.32 Å². The number of aryl methyl sites for hydroxylation is 1. The van der Waals surface area contributed by atoms with Gasteiger partial charge in [-0.2, -0.15) is 0 Å². The average molecular weight is 320 g/mol. The zero-order valence-electron chi connectivity index (χ0n) is 13.3. The van der Waals surface area contributed by atoms with Crippen LogP contribution in [-0.2, 0) is 0 Å². The number of hydrogen-bond acceptors (Lipinski definition) is 4. The molecule has 0 radical (unpaired) electrons. The van der Waals surface area contributed by atoms with Gasteiger partial charge in [0.15, 0.2) is 0 Å². The Hall–Kier alpha value is -3.08. The molecule has 24 heavy (non-hydrogen) atoms. The van der Waals surface area contributed by atoms with Crippen molar-refractivity contribution in [2.75, 3.05) is 11.9 Å². The minimum atomic E-state index is -0.257. The van der Waals surface area contributed by atoms with Crippen LogP contribution in [0.5, 0.6) is 0 Å². The summed E-state index contributed by atoms with van der Waals surface area (Å²) in [6.45, 7) is 6.16. The Morgan fingerprint density at radius 2 is 1.79 bits per heavy atom. The van der Waals surface area contributed by atoms with Gasteiger partial charge in [-0.3, -0.25) is 4.98 Å². The quantitative estimate of drug-likeness (QED) is 0.714. The van der Waals surface area contributed by atoms with Gasteiger partial charge in [-0.05, 0) is 30.7 Å². The minimum Gasteiger partial charge on any atom is -0.366 e. The van der Waals surface area contributed by atoms with Gasteiger partial charge in [0.2, 0.25) is 0 Å². The van der Waals surface area contributed by atoms with Gasteiger partial charge in [-0.15, -0.1) is 6.58 Å². The molecule has 1 N–H and O–H groups in total. The summed E-state index contributed by atoms with van der Waals surface area (Å²) in [4.78, 5) is 13.1. The number of halogens is 1. The summed E-state index contributed by atoms with van der Waals surface area (Å²) in [6.07, 6.45) is 5.28. The maximum absolute atomic E-state index is 13.1. The van der Waals surface area contributed by atoms with Crippen LogP contribution >= 0.6 is 0 Å². The molecule has 5 heteroatoms. The van der Waals surface area contributed by atoms with Crippen LogP contribution in [-0.4, -0.2) is 21.5 Å². The van der Waals surface area contributed by atoms with Gasteiger partial charge in [0.1, 0.15) is 17.5 Å². The number of nitrogens with zero attached hydrogens (tertiary/aromatic N) is 3. The van der Waals surface area contributed by atoms with E-state index in [0.29, 0.717) is 12.4 Å². The van der Waals surface area contributed by atoms with Crippen molar-refractivity contribution in [2.24, 2.45) is 0 Å². The lowest BCUT2D eigenvalue weighted by Crippen LogP contribution is -2.03. The maximum Gasteiger partial charge on any atom is 0.130 e. The van der Waals surface area contributed by atoms with Crippen LogP contribution in [0.4, 0.5) is 10.2 Å². The van der Waals surface area contributed by atoms with Crippen LogP contribution in [0.1, 0.15) is 5.82 Å². The minimum absolute atomic E-state index is 0.257. The molecule has 0 aliphatic carbocycles. The van der Waals surface area contributed by atoms with Gasteiger partial charge in [0, 0.05) is 36.1 Å². The van der Waals surface area contributed by atoms with Crippen LogP contribution in [0.3, 0.4) is 0 Å². The lowest BCUT2D eigenvalue weighted by atomic mass is 10.0. The van der Waals surface area contributed by atoms with Crippen LogP contribution in [0.2, 0.25) is 0 Å². The summed E-state index contributed by atoms with van der Waals surface area (Å²) in [5, 5.41) is 3.17. The predicted octanol–water partition coefficient (Wildman–Crippen LogP) is 4.25. The summed E-state index contributed by atoms with van der Waals surface area (Å²) >= 11 is 0. The summed E-state index contributed by atoms with van der Waals surface area (Å²) in [6, 6.07) is 10.2. The van der Waals surface area contributed by atoms with Gasteiger partial charge in [-0.25, -0.2) is 14.4 Å². The van der Waals surface area contributed by atoms with Crippen molar-refractivity contribution in [3.63, 3.8) is 0 Å². The van der Waals surface area contributed by atoms with E-state index in [1.165, 1.54) is 12.1 Å². The molecule has 0 saturated heterocycles. The number of benzene rings is 1. The summed E-state index contributed by atoms with van der Waals surface area (Å²) < 4.78 is 13.1. The Kier molecular flexibility index (Phi) is 4.61. The SMILES string of the molecule is C=CCNc1cc(-c2cncc(-c3ccc(F)cc3)c2)nc(C)n1. The molecular weight excluding hydrogens is 303 g/mol. The predicted molar refractivity (Wildman–Crippen MR) is 94.1 cm³/mol. The van der Waals surface area contributed by atoms with Crippen LogP contribution in [0.15, 0.2) is 61.4 Å². The number of aromatic nitrogens is 3. The van der Waals surface area contributed by atoms with Gasteiger partial charge >= 0.3 is 0 Å². The van der Waals surface area contributed by atoms with Crippen molar-refractivity contribution in [1.29, 1.82) is 0 Å². The molecule has 120 valence electrons. The van der Waals surface area contributed by atoms with Crippen LogP contribution in [0.25, 0.3) is 22.4 Å². The molecule has 1 aromatic carbocycles. The number of pyridine rings is 1. The highest BCUT2D eigenvalue weighted by molar-refractivity contribution is 5.71. The molecule has 0 atom stereocenters. The maximum atomic E-state index is 13.1. The third kappa shape index (κ3) is 3.63. The van der Waals surface area contributed by atoms with E-state index in [9.17, 15) is 4.39 Å². The molecular formula is C19H17FN4. The number of hydrogen-bond donors (Lipinski definition) is 1. The molecule has 0 fully saturated rings. The Balaban J connectivity index is 1.98. The van der Waals surface area contributed by atoms with E-state index >= 15 is 0 Å². The first-order valence-electron chi connectivity index (χ1n) is 7.57. The molecule has 3 rings (SSSR count). The van der Waals surface area contributed by atoms with Crippen molar-refractivity contribution in [3.8, 4) is 22.4 Å². The smallest absolute Gasteiger partial charge is 0.130 e. The molecule has 0 aliphatic heterocycles. The molecule has 0 spiro atoms. The van der Waals surface area contributed by atoms with Crippen molar-refractivity contribution in [1.82, 2.24) is 15.0 Å². The standard InChI is InChI=1S/C19H17FN4/c1-3-8-22-19-10-18(23-13(2)24-19)16-9-15(11-21-12-16)14-4-6-17(20)7-5-14/h3-7,9-12H,1,8H2,2H3,(H,22,23,24). The van der Waals surface area contributed by atoms with Gasteiger partial charge in [0.25, 0.3) is 0 Å². The fourth-order valence-electron chi connectivity index (χ4n) is 2.36. The summed E-state index contributed by atoms with van der Waals surface area (Å²) in [5.74, 6) is 1.16. The molecule has 0 amide bonds. The monoisotopic (exact) mass is 320 g/mol. The van der Waals surface area contributed by atoms with E-state index < -0.39 is 0 Å². The Bertz CT molecular complexity index is 859. The van der Waals surface area contributed by atoms with Crippen molar-refractivity contribution < 1.29 is 4.39 Å². The molecule has 2 aromatic heterocycles. The van der Waals surface area contributed by atoms with E-state index in [1.807, 2.05) is 19.1 Å². The van der Waals surface area contributed by atoms with Crippen molar-refractivity contribution >= 4 is 5.82 Å². The molecule has 0 bridgehead atoms. The third-order valence-electron chi connectivity index (χ3n) is 3.48. The molecule has 0 unspecified atom stereocenters. The Labute approximate surface area is 140 Å². The Morgan fingerprint density at radius 3 is 2.54 bits per heavy atom. The second kappa shape index (κ2) is 7.00. The third-order valence-corrected chi connectivity index (χ3v) is 3.48. The first-order valence-corrected chi connectivity index (χ1v) is 7.57. The Morgan fingerprint density at radius 1 is 1.04 bits per heavy atom. The zero-order chi connectivity index (χ0) is 16.9. The van der Waals surface area contributed by atoms with E-state index in [4.69, 9.17) is 0 Å². The molecule has 0 aliphatic rings.